The highest BCUT2D eigenvalue weighted by Crippen LogP contribution is 2.44. The number of rotatable bonds is 9. The van der Waals surface area contributed by atoms with Crippen molar-refractivity contribution in [2.24, 2.45) is 0 Å². The van der Waals surface area contributed by atoms with Crippen LogP contribution in [0.15, 0.2) is 67.1 Å². The number of carboxylic acids is 1. The van der Waals surface area contributed by atoms with Gasteiger partial charge in [-0.05, 0) is 35.1 Å². The third-order valence-electron chi connectivity index (χ3n) is 5.68. The fourth-order valence-corrected chi connectivity index (χ4v) is 4.05. The molecule has 0 saturated heterocycles. The Hall–Kier alpha value is -4.27. The molecule has 2 aromatic carbocycles. The van der Waals surface area contributed by atoms with Gasteiger partial charge >= 0.3 is 12.1 Å². The summed E-state index contributed by atoms with van der Waals surface area (Å²) in [4.78, 5) is 43.7. The molecular weight excluding hydrogens is 436 g/mol. The molecule has 1 heterocycles. The standard InChI is InChI=1S/C25H24N4O5/c30-23(22-14-26-12-13-27-22)28-11-5-10-21(24(31)32)29-25(33)34-15-20-18-8-3-1-6-16(18)17-7-2-4-9-19(17)20/h1-4,6-9,12-14,20-21H,5,10-11,15H2,(H,28,30)(H,29,33)(H,31,32)/t21-/m1/s1. The SMILES string of the molecule is O=C(N[C@H](CCCNC(=O)c1cnccn1)C(=O)O)OCC1c2ccccc2-c2ccccc21. The van der Waals surface area contributed by atoms with Crippen molar-refractivity contribution in [3.05, 3.63) is 83.9 Å². The van der Waals surface area contributed by atoms with Crippen LogP contribution in [-0.2, 0) is 9.53 Å². The van der Waals surface area contributed by atoms with Crippen LogP contribution in [0.1, 0.15) is 40.4 Å². The van der Waals surface area contributed by atoms with Crippen molar-refractivity contribution in [2.75, 3.05) is 13.2 Å². The molecule has 1 aromatic heterocycles. The zero-order valence-corrected chi connectivity index (χ0v) is 18.3. The molecule has 2 amide bonds. The first-order valence-corrected chi connectivity index (χ1v) is 10.9. The van der Waals surface area contributed by atoms with Gasteiger partial charge in [-0.1, -0.05) is 48.5 Å². The number of carbonyl (C=O) groups is 3. The fourth-order valence-electron chi connectivity index (χ4n) is 4.05. The first kappa shape index (κ1) is 22.9. The van der Waals surface area contributed by atoms with Crippen molar-refractivity contribution < 1.29 is 24.2 Å². The van der Waals surface area contributed by atoms with Crippen LogP contribution in [0.25, 0.3) is 11.1 Å². The van der Waals surface area contributed by atoms with Crippen LogP contribution in [0.2, 0.25) is 0 Å². The number of benzene rings is 2. The highest BCUT2D eigenvalue weighted by atomic mass is 16.5. The number of fused-ring (bicyclic) bond motifs is 3. The first-order valence-electron chi connectivity index (χ1n) is 10.9. The number of nitrogens with zero attached hydrogens (tertiary/aromatic N) is 2. The highest BCUT2D eigenvalue weighted by Gasteiger charge is 2.29. The lowest BCUT2D eigenvalue weighted by atomic mass is 9.98. The monoisotopic (exact) mass is 460 g/mol. The number of carboxylic acid groups (broad SMARTS) is 1. The number of aliphatic carboxylic acids is 1. The number of alkyl carbamates (subject to hydrolysis) is 1. The van der Waals surface area contributed by atoms with Gasteiger partial charge in [-0.15, -0.1) is 0 Å². The molecule has 0 bridgehead atoms. The summed E-state index contributed by atoms with van der Waals surface area (Å²) in [7, 11) is 0. The van der Waals surface area contributed by atoms with Crippen LogP contribution in [0, 0.1) is 0 Å². The van der Waals surface area contributed by atoms with E-state index in [0.29, 0.717) is 6.42 Å². The van der Waals surface area contributed by atoms with Gasteiger partial charge in [0, 0.05) is 24.9 Å². The van der Waals surface area contributed by atoms with E-state index in [4.69, 9.17) is 4.74 Å². The molecule has 0 radical (unpaired) electrons. The maximum atomic E-state index is 12.4. The second-order valence-electron chi connectivity index (χ2n) is 7.85. The molecular formula is C25H24N4O5. The molecule has 174 valence electrons. The Morgan fingerprint density at radius 2 is 1.68 bits per heavy atom. The molecule has 4 rings (SSSR count). The van der Waals surface area contributed by atoms with Crippen molar-refractivity contribution in [2.45, 2.75) is 24.8 Å². The number of hydrogen-bond acceptors (Lipinski definition) is 6. The van der Waals surface area contributed by atoms with Gasteiger partial charge in [0.2, 0.25) is 0 Å². The molecule has 9 nitrogen and oxygen atoms in total. The largest absolute Gasteiger partial charge is 0.480 e. The van der Waals surface area contributed by atoms with Gasteiger partial charge in [-0.3, -0.25) is 9.78 Å². The van der Waals surface area contributed by atoms with Gasteiger partial charge in [-0.25, -0.2) is 14.6 Å². The van der Waals surface area contributed by atoms with E-state index in [0.717, 1.165) is 22.3 Å². The summed E-state index contributed by atoms with van der Waals surface area (Å²) >= 11 is 0. The molecule has 0 saturated carbocycles. The Labute approximate surface area is 196 Å². The van der Waals surface area contributed by atoms with Gasteiger partial charge < -0.3 is 20.5 Å². The average molecular weight is 460 g/mol. The summed E-state index contributed by atoms with van der Waals surface area (Å²) in [6, 6.07) is 14.8. The van der Waals surface area contributed by atoms with E-state index in [1.807, 2.05) is 48.5 Å². The zero-order valence-electron chi connectivity index (χ0n) is 18.3. The molecule has 0 fully saturated rings. The Kier molecular flexibility index (Phi) is 7.12. The minimum atomic E-state index is -1.17. The Bertz CT molecular complexity index is 1140. The molecule has 1 aliphatic rings. The summed E-state index contributed by atoms with van der Waals surface area (Å²) < 4.78 is 5.42. The molecule has 0 unspecified atom stereocenters. The van der Waals surface area contributed by atoms with Crippen LogP contribution < -0.4 is 10.6 Å². The van der Waals surface area contributed by atoms with Crippen LogP contribution in [0.4, 0.5) is 4.79 Å². The number of nitrogens with one attached hydrogen (secondary N) is 2. The Balaban J connectivity index is 1.27. The fraction of sp³-hybridized carbons (Fsp3) is 0.240. The van der Waals surface area contributed by atoms with E-state index in [2.05, 4.69) is 20.6 Å². The molecule has 34 heavy (non-hydrogen) atoms. The topological polar surface area (TPSA) is 131 Å². The van der Waals surface area contributed by atoms with Crippen LogP contribution in [0.3, 0.4) is 0 Å². The highest BCUT2D eigenvalue weighted by molar-refractivity contribution is 5.91. The van der Waals surface area contributed by atoms with Crippen molar-refractivity contribution in [3.63, 3.8) is 0 Å². The third kappa shape index (κ3) is 5.20. The summed E-state index contributed by atoms with van der Waals surface area (Å²) in [6.07, 6.45) is 3.88. The molecule has 3 aromatic rings. The lowest BCUT2D eigenvalue weighted by molar-refractivity contribution is -0.139. The smallest absolute Gasteiger partial charge is 0.407 e. The van der Waals surface area contributed by atoms with Gasteiger partial charge in [0.1, 0.15) is 18.3 Å². The van der Waals surface area contributed by atoms with E-state index < -0.39 is 24.0 Å². The van der Waals surface area contributed by atoms with Crippen molar-refractivity contribution >= 4 is 18.0 Å². The number of ether oxygens (including phenoxy) is 1. The van der Waals surface area contributed by atoms with Gasteiger partial charge in [0.15, 0.2) is 0 Å². The Morgan fingerprint density at radius 1 is 1.00 bits per heavy atom. The molecule has 3 N–H and O–H groups in total. The van der Waals surface area contributed by atoms with Gasteiger partial charge in [0.05, 0.1) is 6.20 Å². The maximum Gasteiger partial charge on any atom is 0.407 e. The second kappa shape index (κ2) is 10.6. The second-order valence-corrected chi connectivity index (χ2v) is 7.85. The minimum Gasteiger partial charge on any atom is -0.480 e. The van der Waals surface area contributed by atoms with Crippen molar-refractivity contribution in [3.8, 4) is 11.1 Å². The molecule has 0 spiro atoms. The van der Waals surface area contributed by atoms with Crippen molar-refractivity contribution in [1.29, 1.82) is 0 Å². The van der Waals surface area contributed by atoms with Crippen LogP contribution >= 0.6 is 0 Å². The number of hydrogen-bond donors (Lipinski definition) is 3. The number of carbonyl (C=O) groups excluding carboxylic acids is 2. The van der Waals surface area contributed by atoms with Crippen molar-refractivity contribution in [1.82, 2.24) is 20.6 Å². The summed E-state index contributed by atoms with van der Waals surface area (Å²) in [6.45, 7) is 0.325. The van der Waals surface area contributed by atoms with E-state index in [-0.39, 0.29) is 31.2 Å². The lowest BCUT2D eigenvalue weighted by Crippen LogP contribution is -2.42. The summed E-state index contributed by atoms with van der Waals surface area (Å²) in [5, 5.41) is 14.5. The van der Waals surface area contributed by atoms with E-state index in [9.17, 15) is 19.5 Å². The lowest BCUT2D eigenvalue weighted by Gasteiger charge is -2.17. The molecule has 1 atom stereocenters. The minimum absolute atomic E-state index is 0.0976. The zero-order chi connectivity index (χ0) is 23.9. The first-order chi connectivity index (χ1) is 16.5. The van der Waals surface area contributed by atoms with E-state index in [1.165, 1.54) is 18.6 Å². The quantitative estimate of drug-likeness (QED) is 0.419. The van der Waals surface area contributed by atoms with Gasteiger partial charge in [0.25, 0.3) is 5.91 Å². The predicted molar refractivity (Wildman–Crippen MR) is 123 cm³/mol. The average Bonchev–Trinajstić information content (AvgIpc) is 3.18. The van der Waals surface area contributed by atoms with Crippen LogP contribution in [0.5, 0.6) is 0 Å². The van der Waals surface area contributed by atoms with Gasteiger partial charge in [-0.2, -0.15) is 0 Å². The predicted octanol–water partition coefficient (Wildman–Crippen LogP) is 2.98. The van der Waals surface area contributed by atoms with E-state index >= 15 is 0 Å². The molecule has 9 heteroatoms. The molecule has 0 aliphatic heterocycles. The normalized spacial score (nSPS) is 12.8. The van der Waals surface area contributed by atoms with Crippen LogP contribution in [-0.4, -0.2) is 52.2 Å². The Morgan fingerprint density at radius 3 is 2.29 bits per heavy atom. The molecule has 1 aliphatic carbocycles. The summed E-state index contributed by atoms with van der Waals surface area (Å²) in [5.74, 6) is -1.68. The number of aromatic nitrogens is 2. The maximum absolute atomic E-state index is 12.4. The van der Waals surface area contributed by atoms with E-state index in [1.54, 1.807) is 0 Å². The third-order valence-corrected chi connectivity index (χ3v) is 5.68. The summed E-state index contributed by atoms with van der Waals surface area (Å²) in [5.41, 5.74) is 4.54. The number of amides is 2.